The fourth-order valence-corrected chi connectivity index (χ4v) is 1.69. The molecule has 1 aromatic heterocycles. The van der Waals surface area contributed by atoms with Gasteiger partial charge < -0.3 is 10.3 Å². The van der Waals surface area contributed by atoms with Crippen LogP contribution in [-0.4, -0.2) is 17.0 Å². The highest BCUT2D eigenvalue weighted by molar-refractivity contribution is 5.76. The Morgan fingerprint density at radius 2 is 2.12 bits per heavy atom. The number of fused-ring (bicyclic) bond motifs is 1. The zero-order chi connectivity index (χ0) is 11.8. The summed E-state index contributed by atoms with van der Waals surface area (Å²) < 4.78 is 0. The molecule has 0 aliphatic rings. The Morgan fingerprint density at radius 3 is 2.75 bits per heavy atom. The number of imidazole rings is 1. The van der Waals surface area contributed by atoms with E-state index in [1.54, 1.807) is 0 Å². The van der Waals surface area contributed by atoms with E-state index in [1.807, 2.05) is 7.05 Å². The van der Waals surface area contributed by atoms with Crippen molar-refractivity contribution in [3.8, 4) is 0 Å². The normalized spacial score (nSPS) is 12.2. The summed E-state index contributed by atoms with van der Waals surface area (Å²) in [4.78, 5) is 8.00. The fourth-order valence-electron chi connectivity index (χ4n) is 1.69. The molecule has 1 aromatic carbocycles. The van der Waals surface area contributed by atoms with Crippen LogP contribution >= 0.6 is 0 Å². The first kappa shape index (κ1) is 11.1. The molecule has 3 heteroatoms. The average Bonchev–Trinajstić information content (AvgIpc) is 2.72. The number of aryl methyl sites for hydroxylation is 1. The van der Waals surface area contributed by atoms with Crippen molar-refractivity contribution in [2.24, 2.45) is 0 Å². The van der Waals surface area contributed by atoms with Crippen LogP contribution in [0.5, 0.6) is 0 Å². The van der Waals surface area contributed by atoms with E-state index in [4.69, 9.17) is 0 Å². The van der Waals surface area contributed by atoms with Gasteiger partial charge in [-0.05, 0) is 45.0 Å². The van der Waals surface area contributed by atoms with Crippen LogP contribution in [0.3, 0.4) is 0 Å². The van der Waals surface area contributed by atoms with Crippen molar-refractivity contribution in [2.75, 3.05) is 7.05 Å². The third kappa shape index (κ3) is 1.83. The summed E-state index contributed by atoms with van der Waals surface area (Å²) in [5.74, 6) is 0.984. The van der Waals surface area contributed by atoms with Crippen molar-refractivity contribution < 1.29 is 0 Å². The Kier molecular flexibility index (Phi) is 2.72. The molecule has 3 nitrogen and oxygen atoms in total. The summed E-state index contributed by atoms with van der Waals surface area (Å²) in [6.07, 6.45) is 1.06. The molecule has 0 saturated heterocycles. The van der Waals surface area contributed by atoms with Gasteiger partial charge in [-0.2, -0.15) is 0 Å². The molecular formula is C13H19N3. The second-order valence-corrected chi connectivity index (χ2v) is 4.67. The standard InChI is InChI=1S/C13H19N3/c1-5-9-6-7-10-11(8-9)16-12(15-10)13(2,3)14-4/h6-8,14H,5H2,1-4H3,(H,15,16). The molecule has 2 aromatic rings. The van der Waals surface area contributed by atoms with Crippen LogP contribution in [0, 0.1) is 0 Å². The number of rotatable bonds is 3. The summed E-state index contributed by atoms with van der Waals surface area (Å²) in [6.45, 7) is 6.40. The van der Waals surface area contributed by atoms with Crippen molar-refractivity contribution >= 4 is 11.0 Å². The fraction of sp³-hybridized carbons (Fsp3) is 0.462. The third-order valence-corrected chi connectivity index (χ3v) is 3.17. The van der Waals surface area contributed by atoms with E-state index < -0.39 is 0 Å². The monoisotopic (exact) mass is 217 g/mol. The molecule has 0 aliphatic heterocycles. The number of aromatic nitrogens is 2. The van der Waals surface area contributed by atoms with Gasteiger partial charge in [0, 0.05) is 0 Å². The number of nitrogens with zero attached hydrogens (tertiary/aromatic N) is 1. The van der Waals surface area contributed by atoms with Gasteiger partial charge in [-0.15, -0.1) is 0 Å². The van der Waals surface area contributed by atoms with Gasteiger partial charge in [0.1, 0.15) is 5.82 Å². The maximum atomic E-state index is 4.61. The van der Waals surface area contributed by atoms with Crippen LogP contribution < -0.4 is 5.32 Å². The smallest absolute Gasteiger partial charge is 0.127 e. The van der Waals surface area contributed by atoms with E-state index >= 15 is 0 Å². The lowest BCUT2D eigenvalue weighted by atomic mass is 10.1. The van der Waals surface area contributed by atoms with Crippen LogP contribution in [0.2, 0.25) is 0 Å². The first-order valence-electron chi connectivity index (χ1n) is 5.75. The summed E-state index contributed by atoms with van der Waals surface area (Å²) in [5, 5.41) is 3.25. The van der Waals surface area contributed by atoms with Gasteiger partial charge in [0.25, 0.3) is 0 Å². The van der Waals surface area contributed by atoms with Crippen LogP contribution in [0.25, 0.3) is 11.0 Å². The quantitative estimate of drug-likeness (QED) is 0.829. The first-order chi connectivity index (χ1) is 7.56. The highest BCUT2D eigenvalue weighted by Gasteiger charge is 2.21. The lowest BCUT2D eigenvalue weighted by molar-refractivity contribution is 0.422. The Morgan fingerprint density at radius 1 is 1.38 bits per heavy atom. The Hall–Kier alpha value is -1.35. The Bertz CT molecular complexity index is 497. The maximum absolute atomic E-state index is 4.61. The Balaban J connectivity index is 2.52. The highest BCUT2D eigenvalue weighted by Crippen LogP contribution is 2.21. The second-order valence-electron chi connectivity index (χ2n) is 4.67. The van der Waals surface area contributed by atoms with Gasteiger partial charge in [-0.25, -0.2) is 4.98 Å². The van der Waals surface area contributed by atoms with Gasteiger partial charge >= 0.3 is 0 Å². The summed E-state index contributed by atoms with van der Waals surface area (Å²) in [6, 6.07) is 6.40. The van der Waals surface area contributed by atoms with Crippen molar-refractivity contribution in [2.45, 2.75) is 32.7 Å². The molecule has 0 radical (unpaired) electrons. The molecule has 0 unspecified atom stereocenters. The first-order valence-corrected chi connectivity index (χ1v) is 5.75. The van der Waals surface area contributed by atoms with Gasteiger partial charge in [0.15, 0.2) is 0 Å². The minimum absolute atomic E-state index is 0.120. The summed E-state index contributed by atoms with van der Waals surface area (Å²) in [5.41, 5.74) is 3.38. The molecule has 0 saturated carbocycles. The molecule has 0 atom stereocenters. The van der Waals surface area contributed by atoms with E-state index in [-0.39, 0.29) is 5.54 Å². The van der Waals surface area contributed by atoms with Crippen molar-refractivity contribution in [3.63, 3.8) is 0 Å². The predicted octanol–water partition coefficient (Wildman–Crippen LogP) is 2.58. The summed E-state index contributed by atoms with van der Waals surface area (Å²) in [7, 11) is 1.95. The average molecular weight is 217 g/mol. The van der Waals surface area contributed by atoms with Gasteiger partial charge in [-0.3, -0.25) is 0 Å². The number of benzene rings is 1. The van der Waals surface area contributed by atoms with E-state index in [2.05, 4.69) is 54.3 Å². The van der Waals surface area contributed by atoms with Crippen molar-refractivity contribution in [1.82, 2.24) is 15.3 Å². The molecule has 0 spiro atoms. The van der Waals surface area contributed by atoms with Crippen molar-refractivity contribution in [1.29, 1.82) is 0 Å². The van der Waals surface area contributed by atoms with E-state index in [0.717, 1.165) is 23.3 Å². The van der Waals surface area contributed by atoms with Crippen molar-refractivity contribution in [3.05, 3.63) is 29.6 Å². The van der Waals surface area contributed by atoms with Crippen LogP contribution in [0.4, 0.5) is 0 Å². The molecule has 2 rings (SSSR count). The largest absolute Gasteiger partial charge is 0.340 e. The van der Waals surface area contributed by atoms with Crippen LogP contribution in [-0.2, 0) is 12.0 Å². The highest BCUT2D eigenvalue weighted by atomic mass is 15.0. The number of hydrogen-bond donors (Lipinski definition) is 2. The molecule has 0 aliphatic carbocycles. The molecule has 2 N–H and O–H groups in total. The molecule has 16 heavy (non-hydrogen) atoms. The van der Waals surface area contributed by atoms with Gasteiger partial charge in [0.05, 0.1) is 16.6 Å². The lowest BCUT2D eigenvalue weighted by Crippen LogP contribution is -2.34. The zero-order valence-corrected chi connectivity index (χ0v) is 10.4. The number of aromatic amines is 1. The Labute approximate surface area is 96.3 Å². The van der Waals surface area contributed by atoms with E-state index in [1.165, 1.54) is 5.56 Å². The number of H-pyrrole nitrogens is 1. The minimum atomic E-state index is -0.120. The summed E-state index contributed by atoms with van der Waals surface area (Å²) >= 11 is 0. The van der Waals surface area contributed by atoms with E-state index in [0.29, 0.717) is 0 Å². The predicted molar refractivity (Wildman–Crippen MR) is 67.6 cm³/mol. The van der Waals surface area contributed by atoms with Crippen LogP contribution in [0.1, 0.15) is 32.2 Å². The molecule has 86 valence electrons. The van der Waals surface area contributed by atoms with E-state index in [9.17, 15) is 0 Å². The topological polar surface area (TPSA) is 40.7 Å². The van der Waals surface area contributed by atoms with Gasteiger partial charge in [0.2, 0.25) is 0 Å². The second kappa shape index (κ2) is 3.91. The maximum Gasteiger partial charge on any atom is 0.127 e. The minimum Gasteiger partial charge on any atom is -0.340 e. The molecular weight excluding hydrogens is 198 g/mol. The molecule has 0 amide bonds. The SMILES string of the molecule is CCc1ccc2nc(C(C)(C)NC)[nH]c2c1. The molecule has 1 heterocycles. The zero-order valence-electron chi connectivity index (χ0n) is 10.4. The molecule has 0 bridgehead atoms. The number of nitrogens with one attached hydrogen (secondary N) is 2. The van der Waals surface area contributed by atoms with Gasteiger partial charge in [-0.1, -0.05) is 13.0 Å². The van der Waals surface area contributed by atoms with Crippen LogP contribution in [0.15, 0.2) is 18.2 Å². The number of hydrogen-bond acceptors (Lipinski definition) is 2. The third-order valence-electron chi connectivity index (χ3n) is 3.17. The molecule has 0 fully saturated rings. The lowest BCUT2D eigenvalue weighted by Gasteiger charge is -2.20.